The van der Waals surface area contributed by atoms with E-state index in [2.05, 4.69) is 10.6 Å². The smallest absolute Gasteiger partial charge is 0.225 e. The predicted molar refractivity (Wildman–Crippen MR) is 53.5 cm³/mol. The Morgan fingerprint density at radius 1 is 1.29 bits per heavy atom. The van der Waals surface area contributed by atoms with Gasteiger partial charge in [-0.25, -0.2) is 0 Å². The molecule has 0 spiro atoms. The Labute approximate surface area is 83.8 Å². The number of hydrogen-bond donors (Lipinski definition) is 2. The van der Waals surface area contributed by atoms with Gasteiger partial charge in [0.1, 0.15) is 0 Å². The van der Waals surface area contributed by atoms with Gasteiger partial charge >= 0.3 is 0 Å². The van der Waals surface area contributed by atoms with Gasteiger partial charge in [0.25, 0.3) is 0 Å². The quantitative estimate of drug-likeness (QED) is 0.620. The van der Waals surface area contributed by atoms with E-state index >= 15 is 0 Å². The summed E-state index contributed by atoms with van der Waals surface area (Å²) in [6.45, 7) is 1.47. The molecule has 0 aromatic heterocycles. The van der Waals surface area contributed by atoms with Crippen LogP contribution in [0, 0.1) is 5.92 Å². The van der Waals surface area contributed by atoms with Gasteiger partial charge in [-0.2, -0.15) is 0 Å². The van der Waals surface area contributed by atoms with Crippen LogP contribution in [0.5, 0.6) is 0 Å². The molecule has 0 aromatic rings. The number of nitrogens with one attached hydrogen (secondary N) is 2. The molecule has 2 atom stereocenters. The van der Waals surface area contributed by atoms with E-state index in [0.29, 0.717) is 6.42 Å². The third-order valence-corrected chi connectivity index (χ3v) is 2.40. The standard InChI is InChI=1S/C10H16N2O2/c1-7(13)12-9-6-4-3-5-8(9)10(14)11-2/h3-4,8-9H,5-6H2,1-2H3,(H,11,14)(H,12,13)/t8-,9-/m1/s1. The van der Waals surface area contributed by atoms with Gasteiger partial charge in [-0.05, 0) is 12.8 Å². The molecule has 0 saturated heterocycles. The van der Waals surface area contributed by atoms with Crippen LogP contribution in [0.15, 0.2) is 12.2 Å². The van der Waals surface area contributed by atoms with Crippen molar-refractivity contribution in [3.05, 3.63) is 12.2 Å². The molecular weight excluding hydrogens is 180 g/mol. The summed E-state index contributed by atoms with van der Waals surface area (Å²) in [6.07, 6.45) is 5.42. The van der Waals surface area contributed by atoms with Gasteiger partial charge in [-0.1, -0.05) is 12.2 Å². The molecule has 1 aliphatic rings. The van der Waals surface area contributed by atoms with Crippen LogP contribution in [0.25, 0.3) is 0 Å². The SMILES string of the molecule is CNC(=O)[C@@H]1CC=CC[C@H]1NC(C)=O. The molecule has 78 valence electrons. The number of amides is 2. The van der Waals surface area contributed by atoms with Crippen LogP contribution in [0.2, 0.25) is 0 Å². The summed E-state index contributed by atoms with van der Waals surface area (Å²) in [5.41, 5.74) is 0. The minimum atomic E-state index is -0.131. The minimum Gasteiger partial charge on any atom is -0.359 e. The van der Waals surface area contributed by atoms with E-state index in [1.54, 1.807) is 7.05 Å². The first-order valence-corrected chi connectivity index (χ1v) is 4.79. The average Bonchev–Trinajstić information content (AvgIpc) is 2.16. The summed E-state index contributed by atoms with van der Waals surface area (Å²) in [5, 5.41) is 5.41. The molecule has 4 heteroatoms. The molecule has 1 aliphatic carbocycles. The van der Waals surface area contributed by atoms with Crippen molar-refractivity contribution in [3.63, 3.8) is 0 Å². The van der Waals surface area contributed by atoms with Gasteiger partial charge in [-0.3, -0.25) is 9.59 Å². The van der Waals surface area contributed by atoms with Crippen molar-refractivity contribution in [2.75, 3.05) is 7.05 Å². The number of allylic oxidation sites excluding steroid dienone is 1. The zero-order valence-corrected chi connectivity index (χ0v) is 8.54. The second-order valence-electron chi connectivity index (χ2n) is 3.47. The lowest BCUT2D eigenvalue weighted by molar-refractivity contribution is -0.126. The lowest BCUT2D eigenvalue weighted by atomic mass is 9.88. The Morgan fingerprint density at radius 3 is 2.50 bits per heavy atom. The van der Waals surface area contributed by atoms with Crippen molar-refractivity contribution in [2.45, 2.75) is 25.8 Å². The van der Waals surface area contributed by atoms with Crippen molar-refractivity contribution in [1.82, 2.24) is 10.6 Å². The van der Waals surface area contributed by atoms with Crippen LogP contribution < -0.4 is 10.6 Å². The maximum Gasteiger partial charge on any atom is 0.225 e. The second-order valence-corrected chi connectivity index (χ2v) is 3.47. The van der Waals surface area contributed by atoms with Crippen LogP contribution >= 0.6 is 0 Å². The van der Waals surface area contributed by atoms with Crippen LogP contribution in [0.4, 0.5) is 0 Å². The van der Waals surface area contributed by atoms with Crippen molar-refractivity contribution >= 4 is 11.8 Å². The predicted octanol–water partition coefficient (Wildman–Crippen LogP) is 0.203. The molecule has 0 bridgehead atoms. The molecule has 14 heavy (non-hydrogen) atoms. The normalized spacial score (nSPS) is 25.6. The maximum atomic E-state index is 11.5. The topological polar surface area (TPSA) is 58.2 Å². The highest BCUT2D eigenvalue weighted by Crippen LogP contribution is 2.19. The number of hydrogen-bond acceptors (Lipinski definition) is 2. The minimum absolute atomic E-state index is 0.00639. The van der Waals surface area contributed by atoms with Crippen molar-refractivity contribution in [3.8, 4) is 0 Å². The zero-order chi connectivity index (χ0) is 10.6. The van der Waals surface area contributed by atoms with Gasteiger partial charge in [0.15, 0.2) is 0 Å². The lowest BCUT2D eigenvalue weighted by Gasteiger charge is -2.27. The van der Waals surface area contributed by atoms with Gasteiger partial charge in [0.2, 0.25) is 11.8 Å². The maximum absolute atomic E-state index is 11.5. The first-order chi connectivity index (χ1) is 6.65. The molecule has 1 rings (SSSR count). The largest absolute Gasteiger partial charge is 0.359 e. The Balaban J connectivity index is 2.65. The van der Waals surface area contributed by atoms with E-state index in [1.807, 2.05) is 12.2 Å². The molecule has 2 N–H and O–H groups in total. The van der Waals surface area contributed by atoms with Gasteiger partial charge in [-0.15, -0.1) is 0 Å². The Kier molecular flexibility index (Phi) is 3.68. The summed E-state index contributed by atoms with van der Waals surface area (Å²) in [7, 11) is 1.62. The molecule has 0 aliphatic heterocycles. The third-order valence-electron chi connectivity index (χ3n) is 2.40. The summed E-state index contributed by atoms with van der Waals surface area (Å²) in [6, 6.07) is -0.0579. The number of carbonyl (C=O) groups is 2. The Hall–Kier alpha value is -1.32. The molecule has 0 saturated carbocycles. The average molecular weight is 196 g/mol. The van der Waals surface area contributed by atoms with E-state index in [0.717, 1.165) is 6.42 Å². The van der Waals surface area contributed by atoms with Gasteiger partial charge < -0.3 is 10.6 Å². The summed E-state index contributed by atoms with van der Waals surface area (Å²) >= 11 is 0. The van der Waals surface area contributed by atoms with E-state index < -0.39 is 0 Å². The van der Waals surface area contributed by atoms with Crippen molar-refractivity contribution in [1.29, 1.82) is 0 Å². The summed E-state index contributed by atoms with van der Waals surface area (Å²) in [5.74, 6) is -0.221. The zero-order valence-electron chi connectivity index (χ0n) is 8.54. The van der Waals surface area contributed by atoms with E-state index in [-0.39, 0.29) is 23.8 Å². The van der Waals surface area contributed by atoms with E-state index in [1.165, 1.54) is 6.92 Å². The molecule has 0 radical (unpaired) electrons. The lowest BCUT2D eigenvalue weighted by Crippen LogP contribution is -2.46. The monoisotopic (exact) mass is 196 g/mol. The van der Waals surface area contributed by atoms with Gasteiger partial charge in [0, 0.05) is 20.0 Å². The molecule has 0 aromatic carbocycles. The molecule has 0 unspecified atom stereocenters. The van der Waals surface area contributed by atoms with Crippen LogP contribution in [-0.4, -0.2) is 24.9 Å². The third kappa shape index (κ3) is 2.58. The Bertz CT molecular complexity index is 261. The highest BCUT2D eigenvalue weighted by Gasteiger charge is 2.28. The van der Waals surface area contributed by atoms with Crippen LogP contribution in [0.3, 0.4) is 0 Å². The van der Waals surface area contributed by atoms with Crippen LogP contribution in [-0.2, 0) is 9.59 Å². The second kappa shape index (κ2) is 4.79. The molecule has 4 nitrogen and oxygen atoms in total. The fourth-order valence-electron chi connectivity index (χ4n) is 1.71. The number of rotatable bonds is 2. The first-order valence-electron chi connectivity index (χ1n) is 4.79. The molecule has 0 fully saturated rings. The fourth-order valence-corrected chi connectivity index (χ4v) is 1.71. The van der Waals surface area contributed by atoms with Crippen LogP contribution in [0.1, 0.15) is 19.8 Å². The first kappa shape index (κ1) is 10.8. The van der Waals surface area contributed by atoms with E-state index in [9.17, 15) is 9.59 Å². The number of carbonyl (C=O) groups excluding carboxylic acids is 2. The van der Waals surface area contributed by atoms with Crippen molar-refractivity contribution < 1.29 is 9.59 Å². The van der Waals surface area contributed by atoms with Gasteiger partial charge in [0.05, 0.1) is 5.92 Å². The van der Waals surface area contributed by atoms with Crippen molar-refractivity contribution in [2.24, 2.45) is 5.92 Å². The summed E-state index contributed by atoms with van der Waals surface area (Å²) < 4.78 is 0. The molecule has 0 heterocycles. The molecule has 2 amide bonds. The highest BCUT2D eigenvalue weighted by molar-refractivity contribution is 5.81. The molecular formula is C10H16N2O2. The fraction of sp³-hybridized carbons (Fsp3) is 0.600. The summed E-state index contributed by atoms with van der Waals surface area (Å²) in [4.78, 5) is 22.4. The van der Waals surface area contributed by atoms with E-state index in [4.69, 9.17) is 0 Å². The Morgan fingerprint density at radius 2 is 1.93 bits per heavy atom. The highest BCUT2D eigenvalue weighted by atomic mass is 16.2.